The largest absolute Gasteiger partial charge is 0.477 e. The molecular weight excluding hydrogens is 182 g/mol. The van der Waals surface area contributed by atoms with Crippen molar-refractivity contribution in [3.8, 4) is 0 Å². The molecular formula is C6H5NO4S. The van der Waals surface area contributed by atoms with E-state index in [-0.39, 0.29) is 10.6 Å². The number of aromatic nitrogens is 1. The highest BCUT2D eigenvalue weighted by molar-refractivity contribution is 7.13. The van der Waals surface area contributed by atoms with Gasteiger partial charge in [-0.15, -0.1) is 11.3 Å². The third-order valence-corrected chi connectivity index (χ3v) is 2.09. The van der Waals surface area contributed by atoms with Crippen LogP contribution < -0.4 is 0 Å². The Morgan fingerprint density at radius 3 is 2.25 bits per heavy atom. The van der Waals surface area contributed by atoms with Gasteiger partial charge in [0.25, 0.3) is 0 Å². The standard InChI is InChI=1S/C6H5NO4S/c1-2-7-3(5(8)9)4(12-2)6(10)11/h1H3,(H,8,9)(H,10,11). The number of rotatable bonds is 2. The first-order valence-electron chi connectivity index (χ1n) is 2.96. The maximum Gasteiger partial charge on any atom is 0.356 e. The minimum absolute atomic E-state index is 0.222. The molecule has 12 heavy (non-hydrogen) atoms. The zero-order valence-electron chi connectivity index (χ0n) is 6.07. The van der Waals surface area contributed by atoms with Gasteiger partial charge in [-0.3, -0.25) is 0 Å². The molecule has 0 aromatic carbocycles. The molecule has 0 spiro atoms. The van der Waals surface area contributed by atoms with E-state index < -0.39 is 11.9 Å². The first-order valence-corrected chi connectivity index (χ1v) is 3.78. The van der Waals surface area contributed by atoms with Crippen molar-refractivity contribution in [3.05, 3.63) is 15.6 Å². The fourth-order valence-corrected chi connectivity index (χ4v) is 1.47. The van der Waals surface area contributed by atoms with E-state index in [1.807, 2.05) is 0 Å². The van der Waals surface area contributed by atoms with Gasteiger partial charge in [0.05, 0.1) is 5.01 Å². The Bertz CT molecular complexity index is 312. The molecule has 0 aliphatic rings. The summed E-state index contributed by atoms with van der Waals surface area (Å²) in [6, 6.07) is 0. The summed E-state index contributed by atoms with van der Waals surface area (Å²) in [6.45, 7) is 1.56. The number of carbonyl (C=O) groups is 2. The number of aromatic carboxylic acids is 2. The Kier molecular flexibility index (Phi) is 2.09. The lowest BCUT2D eigenvalue weighted by Crippen LogP contribution is -2.05. The second-order valence-electron chi connectivity index (χ2n) is 2.02. The lowest BCUT2D eigenvalue weighted by atomic mass is 10.4. The summed E-state index contributed by atoms with van der Waals surface area (Å²) in [5.74, 6) is -2.56. The maximum atomic E-state index is 10.4. The van der Waals surface area contributed by atoms with Crippen LogP contribution in [0.25, 0.3) is 0 Å². The van der Waals surface area contributed by atoms with Crippen molar-refractivity contribution in [1.82, 2.24) is 4.98 Å². The van der Waals surface area contributed by atoms with Crippen molar-refractivity contribution in [2.24, 2.45) is 0 Å². The zero-order valence-corrected chi connectivity index (χ0v) is 6.88. The molecule has 0 fully saturated rings. The van der Waals surface area contributed by atoms with E-state index >= 15 is 0 Å². The normalized spacial score (nSPS) is 9.75. The number of hydrogen-bond acceptors (Lipinski definition) is 4. The molecule has 64 valence electrons. The highest BCUT2D eigenvalue weighted by atomic mass is 32.1. The van der Waals surface area contributed by atoms with Crippen LogP contribution in [0.1, 0.15) is 25.2 Å². The number of carboxylic acid groups (broad SMARTS) is 2. The molecule has 6 heteroatoms. The molecule has 0 radical (unpaired) electrons. The predicted molar refractivity (Wildman–Crippen MR) is 40.8 cm³/mol. The Morgan fingerprint density at radius 1 is 1.33 bits per heavy atom. The number of aryl methyl sites for hydroxylation is 1. The fraction of sp³-hybridized carbons (Fsp3) is 0.167. The molecule has 1 heterocycles. The molecule has 0 amide bonds. The lowest BCUT2D eigenvalue weighted by Gasteiger charge is -1.88. The summed E-state index contributed by atoms with van der Waals surface area (Å²) in [7, 11) is 0. The van der Waals surface area contributed by atoms with Crippen molar-refractivity contribution in [1.29, 1.82) is 0 Å². The Hall–Kier alpha value is -1.43. The summed E-state index contributed by atoms with van der Waals surface area (Å²) >= 11 is 0.859. The molecule has 0 unspecified atom stereocenters. The molecule has 5 nitrogen and oxygen atoms in total. The second kappa shape index (κ2) is 2.90. The SMILES string of the molecule is Cc1nc(C(=O)O)c(C(=O)O)s1. The summed E-state index contributed by atoms with van der Waals surface area (Å²) in [5, 5.41) is 17.5. The van der Waals surface area contributed by atoms with Gasteiger partial charge in [0, 0.05) is 0 Å². The molecule has 0 saturated heterocycles. The molecule has 1 aromatic heterocycles. The minimum Gasteiger partial charge on any atom is -0.477 e. The number of carboxylic acids is 2. The zero-order chi connectivity index (χ0) is 9.30. The van der Waals surface area contributed by atoms with Crippen molar-refractivity contribution in [2.45, 2.75) is 6.92 Å². The van der Waals surface area contributed by atoms with E-state index in [1.165, 1.54) is 0 Å². The third kappa shape index (κ3) is 1.42. The number of hydrogen-bond donors (Lipinski definition) is 2. The molecule has 1 aromatic rings. The number of nitrogens with zero attached hydrogens (tertiary/aromatic N) is 1. The molecule has 0 aliphatic carbocycles. The monoisotopic (exact) mass is 187 g/mol. The van der Waals surface area contributed by atoms with Crippen LogP contribution in [0.15, 0.2) is 0 Å². The van der Waals surface area contributed by atoms with Crippen LogP contribution in [0.3, 0.4) is 0 Å². The van der Waals surface area contributed by atoms with Gasteiger partial charge in [0.2, 0.25) is 0 Å². The average molecular weight is 187 g/mol. The second-order valence-corrected chi connectivity index (χ2v) is 3.22. The van der Waals surface area contributed by atoms with Crippen LogP contribution in [0.2, 0.25) is 0 Å². The van der Waals surface area contributed by atoms with Crippen LogP contribution >= 0.6 is 11.3 Å². The smallest absolute Gasteiger partial charge is 0.356 e. The van der Waals surface area contributed by atoms with Gasteiger partial charge in [0.15, 0.2) is 5.69 Å². The summed E-state index contributed by atoms with van der Waals surface area (Å²) < 4.78 is 0. The minimum atomic E-state index is -1.31. The Labute approximate surface area is 71.3 Å². The van der Waals surface area contributed by atoms with Crippen molar-refractivity contribution >= 4 is 23.3 Å². The summed E-state index contributed by atoms with van der Waals surface area (Å²) in [6.07, 6.45) is 0. The maximum absolute atomic E-state index is 10.4. The van der Waals surface area contributed by atoms with Crippen LogP contribution in [0.5, 0.6) is 0 Å². The highest BCUT2D eigenvalue weighted by Gasteiger charge is 2.20. The first-order chi connectivity index (χ1) is 5.52. The van der Waals surface area contributed by atoms with E-state index in [9.17, 15) is 9.59 Å². The molecule has 2 N–H and O–H groups in total. The Morgan fingerprint density at radius 2 is 1.92 bits per heavy atom. The molecule has 0 saturated carbocycles. The average Bonchev–Trinajstić information content (AvgIpc) is 2.31. The number of thiazole rings is 1. The van der Waals surface area contributed by atoms with Gasteiger partial charge in [-0.25, -0.2) is 14.6 Å². The van der Waals surface area contributed by atoms with Crippen LogP contribution in [-0.4, -0.2) is 27.1 Å². The molecule has 0 bridgehead atoms. The molecule has 0 aliphatic heterocycles. The van der Waals surface area contributed by atoms with Gasteiger partial charge in [-0.05, 0) is 6.92 Å². The third-order valence-electron chi connectivity index (χ3n) is 1.13. The molecule has 1 rings (SSSR count). The van der Waals surface area contributed by atoms with Crippen LogP contribution in [0.4, 0.5) is 0 Å². The van der Waals surface area contributed by atoms with E-state index in [4.69, 9.17) is 10.2 Å². The van der Waals surface area contributed by atoms with Crippen molar-refractivity contribution in [2.75, 3.05) is 0 Å². The van der Waals surface area contributed by atoms with Gasteiger partial charge in [-0.2, -0.15) is 0 Å². The summed E-state index contributed by atoms with van der Waals surface area (Å²) in [4.78, 5) is 24.2. The lowest BCUT2D eigenvalue weighted by molar-refractivity contribution is 0.0651. The van der Waals surface area contributed by atoms with E-state index in [2.05, 4.69) is 4.98 Å². The van der Waals surface area contributed by atoms with Crippen molar-refractivity contribution in [3.63, 3.8) is 0 Å². The van der Waals surface area contributed by atoms with E-state index in [0.717, 1.165) is 11.3 Å². The summed E-state index contributed by atoms with van der Waals surface area (Å²) in [5.41, 5.74) is -0.384. The van der Waals surface area contributed by atoms with Gasteiger partial charge >= 0.3 is 11.9 Å². The van der Waals surface area contributed by atoms with Gasteiger partial charge in [-0.1, -0.05) is 0 Å². The Balaban J connectivity index is 3.26. The van der Waals surface area contributed by atoms with Crippen LogP contribution in [0, 0.1) is 6.92 Å². The van der Waals surface area contributed by atoms with E-state index in [1.54, 1.807) is 6.92 Å². The predicted octanol–water partition coefficient (Wildman–Crippen LogP) is 0.848. The fourth-order valence-electron chi connectivity index (χ4n) is 0.717. The van der Waals surface area contributed by atoms with Crippen molar-refractivity contribution < 1.29 is 19.8 Å². The first kappa shape index (κ1) is 8.66. The van der Waals surface area contributed by atoms with Crippen LogP contribution in [-0.2, 0) is 0 Å². The quantitative estimate of drug-likeness (QED) is 0.716. The topological polar surface area (TPSA) is 87.5 Å². The highest BCUT2D eigenvalue weighted by Crippen LogP contribution is 2.17. The van der Waals surface area contributed by atoms with E-state index in [0.29, 0.717) is 5.01 Å². The van der Waals surface area contributed by atoms with Gasteiger partial charge < -0.3 is 10.2 Å². The molecule has 0 atom stereocenters. The van der Waals surface area contributed by atoms with Gasteiger partial charge in [0.1, 0.15) is 4.88 Å².